The third-order valence-corrected chi connectivity index (χ3v) is 25.1. The Bertz CT molecular complexity index is 4930. The number of esters is 7. The Morgan fingerprint density at radius 2 is 1.26 bits per heavy atom. The van der Waals surface area contributed by atoms with Gasteiger partial charge in [0.2, 0.25) is 18.1 Å². The Labute approximate surface area is 818 Å². The van der Waals surface area contributed by atoms with Crippen LogP contribution in [0.25, 0.3) is 22.3 Å². The number of rotatable bonds is 44. The largest absolute Gasteiger partial charge is 1.00 e. The van der Waals surface area contributed by atoms with E-state index in [9.17, 15) is 52.6 Å². The molecule has 724 valence electrons. The van der Waals surface area contributed by atoms with Crippen LogP contribution in [0.5, 0.6) is 40.2 Å². The van der Waals surface area contributed by atoms with Crippen molar-refractivity contribution in [3.05, 3.63) is 128 Å². The van der Waals surface area contributed by atoms with Gasteiger partial charge in [0.1, 0.15) is 37.4 Å². The molecule has 2 unspecified atom stereocenters. The molecule has 1 amide bonds. The molecule has 2 aromatic heterocycles. The van der Waals surface area contributed by atoms with E-state index in [0.29, 0.717) is 99.0 Å². The number of methoxy groups -OCH3 is 4. The second-order valence-electron chi connectivity index (χ2n) is 32.7. The number of aromatic nitrogens is 2. The Morgan fingerprint density at radius 3 is 1.87 bits per heavy atom. The molecule has 38 heteroatoms. The number of unbranched alkanes of at least 4 members (excludes halogenated alkanes) is 14. The second kappa shape index (κ2) is 55.3. The van der Waals surface area contributed by atoms with Crippen molar-refractivity contribution in [3.63, 3.8) is 0 Å². The predicted molar refractivity (Wildman–Crippen MR) is 488 cm³/mol. The van der Waals surface area contributed by atoms with Gasteiger partial charge in [0.05, 0.1) is 98.9 Å². The van der Waals surface area contributed by atoms with Gasteiger partial charge in [-0.05, 0) is 148 Å². The quantitative estimate of drug-likeness (QED) is 0.00854. The van der Waals surface area contributed by atoms with E-state index in [0.717, 1.165) is 50.8 Å². The SMILES string of the molecule is CCCCCCCCCCCCCCCCCC(=O)OCC(COP(=O)([O-])OCCCC(=O)OCCOC)OC(=O)CC.CC[C@@]1(OC(=O)COc2ccc(C(=O)O[C@H]3c4cc5c(cc4[C@@H](c4cc(OC)c(OC)c(OC)c4)[C@H]4C(=O)OC[C@@H]43)OCO5)cc2)C(=O)OCc2c1cc1n(c2=O)Cc2cc3cc(OC(=O)N4CCC(N5CCCCC5)CC4)ccc3nc2-1.ClCCl.ClCCl.[Na+]. The summed E-state index contributed by atoms with van der Waals surface area (Å²) in [5.74, 6) is -3.80. The number of hydrogen-bond donors (Lipinski definition) is 0. The van der Waals surface area contributed by atoms with Crippen molar-refractivity contribution in [2.24, 2.45) is 11.8 Å². The van der Waals surface area contributed by atoms with Crippen LogP contribution < -0.4 is 73.2 Å². The van der Waals surface area contributed by atoms with Crippen LogP contribution in [0.1, 0.15) is 237 Å². The van der Waals surface area contributed by atoms with E-state index in [1.54, 1.807) is 71.8 Å². The van der Waals surface area contributed by atoms with E-state index < -0.39 is 104 Å². The Kier molecular flexibility index (Phi) is 45.1. The van der Waals surface area contributed by atoms with E-state index in [-0.39, 0.29) is 154 Å². The molecule has 32 nitrogen and oxygen atoms in total. The van der Waals surface area contributed by atoms with Crippen LogP contribution in [-0.2, 0) is 99.0 Å². The summed E-state index contributed by atoms with van der Waals surface area (Å²) < 4.78 is 107. The summed E-state index contributed by atoms with van der Waals surface area (Å²) in [6.45, 7) is 7.41. The van der Waals surface area contributed by atoms with Gasteiger partial charge in [-0.2, -0.15) is 0 Å². The molecule has 133 heavy (non-hydrogen) atoms. The monoisotopic (exact) mass is 1960 g/mol. The van der Waals surface area contributed by atoms with Gasteiger partial charge in [0.25, 0.3) is 13.4 Å². The van der Waals surface area contributed by atoms with Crippen LogP contribution in [0.2, 0.25) is 0 Å². The van der Waals surface area contributed by atoms with Gasteiger partial charge < -0.3 is 99.4 Å². The van der Waals surface area contributed by atoms with E-state index in [1.165, 1.54) is 143 Å². The molecule has 6 aliphatic heterocycles. The average Bonchev–Trinajstić information content (AvgIpc) is 1.67. The van der Waals surface area contributed by atoms with Crippen molar-refractivity contribution >= 4 is 113 Å². The molecule has 4 aromatic carbocycles. The number of fused-ring (bicyclic) bond motifs is 8. The number of alkyl halides is 4. The zero-order chi connectivity index (χ0) is 94.7. The van der Waals surface area contributed by atoms with Crippen molar-refractivity contribution in [1.82, 2.24) is 19.4 Å². The summed E-state index contributed by atoms with van der Waals surface area (Å²) in [6.07, 6.45) is 21.9. The minimum absolute atomic E-state index is 0. The van der Waals surface area contributed by atoms with Crippen LogP contribution >= 0.6 is 54.2 Å². The first kappa shape index (κ1) is 108. The van der Waals surface area contributed by atoms with E-state index in [4.69, 9.17) is 131 Å². The number of halogens is 4. The summed E-state index contributed by atoms with van der Waals surface area (Å²) in [4.78, 5) is 140. The van der Waals surface area contributed by atoms with Crippen molar-refractivity contribution in [3.8, 4) is 51.6 Å². The number of benzene rings is 4. The Balaban J connectivity index is 0.000000338. The number of pyridine rings is 2. The van der Waals surface area contributed by atoms with E-state index in [2.05, 4.69) is 11.8 Å². The summed E-state index contributed by atoms with van der Waals surface area (Å²) in [7, 11) is 1.26. The first-order valence-corrected chi connectivity index (χ1v) is 49.0. The summed E-state index contributed by atoms with van der Waals surface area (Å²) in [5.41, 5.74) is 2.33. The van der Waals surface area contributed by atoms with Gasteiger partial charge >= 0.3 is 77.4 Å². The Hall–Kier alpha value is -8.21. The smallest absolute Gasteiger partial charge is 0.756 e. The number of ether oxygens (including phenoxy) is 15. The number of carbonyl (C=O) groups excluding carboxylic acids is 8. The fourth-order valence-electron chi connectivity index (χ4n) is 17.4. The molecule has 7 atom stereocenters. The fraction of sp³-hybridized carbons (Fsp3) is 0.579. The van der Waals surface area contributed by atoms with Crippen LogP contribution in [0, 0.1) is 11.8 Å². The van der Waals surface area contributed by atoms with Crippen LogP contribution in [-0.4, -0.2) is 198 Å². The Morgan fingerprint density at radius 1 is 0.639 bits per heavy atom. The van der Waals surface area contributed by atoms with Crippen molar-refractivity contribution in [2.45, 2.75) is 224 Å². The number of phosphoric acid groups is 1. The summed E-state index contributed by atoms with van der Waals surface area (Å²) in [5, 5.41) is 1.11. The van der Waals surface area contributed by atoms with Crippen molar-refractivity contribution in [2.75, 3.05) is 118 Å². The number of phosphoric ester groups is 1. The van der Waals surface area contributed by atoms with Crippen molar-refractivity contribution < 1.29 is 157 Å². The van der Waals surface area contributed by atoms with Crippen molar-refractivity contribution in [1.29, 1.82) is 0 Å². The number of amides is 1. The molecule has 7 aliphatic rings. The number of cyclic esters (lactones) is 2. The number of likely N-dealkylation sites (tertiary alicyclic amines) is 2. The van der Waals surface area contributed by atoms with E-state index >= 15 is 0 Å². The number of carbonyl (C=O) groups is 8. The van der Waals surface area contributed by atoms with Crippen LogP contribution in [0.3, 0.4) is 0 Å². The molecule has 6 aromatic rings. The maximum atomic E-state index is 14.3. The molecule has 3 fully saturated rings. The molecule has 3 saturated heterocycles. The normalized spacial score (nSPS) is 18.5. The molecular formula is C95H122Cl4N4NaO28P. The maximum Gasteiger partial charge on any atom is 1.00 e. The number of nitrogens with zero attached hydrogens (tertiary/aromatic N) is 4. The molecule has 0 bridgehead atoms. The third kappa shape index (κ3) is 30.1. The molecular weight excluding hydrogens is 1840 g/mol. The predicted octanol–water partition coefficient (Wildman–Crippen LogP) is 14.2. The topological polar surface area (TPSA) is 375 Å². The van der Waals surface area contributed by atoms with E-state index in [1.807, 2.05) is 6.07 Å². The molecule has 0 radical (unpaired) electrons. The minimum atomic E-state index is -4.73. The molecule has 13 rings (SSSR count). The maximum absolute atomic E-state index is 14.3. The molecule has 1 aliphatic carbocycles. The molecule has 0 N–H and O–H groups in total. The van der Waals surface area contributed by atoms with Crippen LogP contribution in [0.15, 0.2) is 83.7 Å². The average molecular weight is 1960 g/mol. The standard InChI is InChI=1S/C62H60N4O17.C31H59O11P.2CH2Cl2.Na/c1-5-62(44-27-46-54-36(28-66(46)57(68)42(44)29-78-60(62)71)21-34-22-39(13-14-45(34)63-54)81-61(72)65-19-15-37(16-20-65)64-17-7-6-8-18-64)83-51(67)31-76-38-11-9-33(10-12-38)58(69)82-55-41-26-48-47(79-32-80-48)25-40(41)52(53-43(55)30-77-59(53)70)35-23-49(73-2)56(75-4)50(24-35)74-3;1-4-6-7-8-9-10-11-12-13-14-15-16-17-18-19-21-31(34)39-26-28(42-29(32)5-2)27-41-43(35,36)40-23-20-22-30(33)38-25-24-37-3;2*2-1-3;/h9-14,21-27,37,43,52-53,55H,5-8,15-20,28-32H2,1-4H3;28H,4-27H2,1-3H3,(H,35,36);2*1H2;/q;;;;+1/p-1/t43-,52+,53-,55-,62-;;;;/m0..../s1. The zero-order valence-corrected chi connectivity index (χ0v) is 83.1. The first-order valence-electron chi connectivity index (χ1n) is 45.4. The summed E-state index contributed by atoms with van der Waals surface area (Å²) in [6, 6.07) is 22.4. The fourth-order valence-corrected chi connectivity index (χ4v) is 18.2. The van der Waals surface area contributed by atoms with Gasteiger partial charge in [-0.3, -0.25) is 28.5 Å². The number of hydrogen-bond acceptors (Lipinski definition) is 30. The van der Waals surface area contributed by atoms with Crippen LogP contribution in [0.4, 0.5) is 4.79 Å². The third-order valence-electron chi connectivity index (χ3n) is 24.2. The molecule has 8 heterocycles. The number of piperidine rings is 2. The molecule has 0 saturated carbocycles. The molecule has 0 spiro atoms. The van der Waals surface area contributed by atoms with Gasteiger partial charge in [-0.15, -0.1) is 46.4 Å². The van der Waals surface area contributed by atoms with Gasteiger partial charge in [-0.25, -0.2) is 24.2 Å². The second-order valence-corrected chi connectivity index (χ2v) is 35.8. The van der Waals surface area contributed by atoms with Gasteiger partial charge in [-0.1, -0.05) is 117 Å². The zero-order valence-electron chi connectivity index (χ0n) is 77.1. The summed E-state index contributed by atoms with van der Waals surface area (Å²) >= 11 is 19.1. The van der Waals surface area contributed by atoms with Gasteiger partial charge in [0, 0.05) is 79.4 Å². The van der Waals surface area contributed by atoms with Gasteiger partial charge in [0.15, 0.2) is 35.7 Å². The minimum Gasteiger partial charge on any atom is -0.756 e. The first-order chi connectivity index (χ1) is 63.9.